The van der Waals surface area contributed by atoms with Gasteiger partial charge in [0.1, 0.15) is 0 Å². The third-order valence-electron chi connectivity index (χ3n) is 3.40. The Hall–Kier alpha value is -0.870. The molecule has 2 unspecified atom stereocenters. The standard InChI is InChI=1S/C13H19NO2S/c1-10-7-8-12(9-10)14-17(15,16)13-6-4-3-5-11(13)2/h3-6,10,12,14H,7-9H2,1-2H3. The molecule has 1 fully saturated rings. The minimum absolute atomic E-state index is 0.106. The Morgan fingerprint density at radius 2 is 1.94 bits per heavy atom. The third-order valence-corrected chi connectivity index (χ3v) is 5.08. The largest absolute Gasteiger partial charge is 0.241 e. The molecule has 0 radical (unpaired) electrons. The third kappa shape index (κ3) is 2.87. The summed E-state index contributed by atoms with van der Waals surface area (Å²) in [7, 11) is -3.35. The van der Waals surface area contributed by atoms with Gasteiger partial charge in [0.05, 0.1) is 4.90 Å². The van der Waals surface area contributed by atoms with Crippen molar-refractivity contribution in [3.8, 4) is 0 Å². The van der Waals surface area contributed by atoms with Crippen molar-refractivity contribution in [3.63, 3.8) is 0 Å². The second-order valence-corrected chi connectivity index (χ2v) is 6.68. The number of hydrogen-bond acceptors (Lipinski definition) is 2. The van der Waals surface area contributed by atoms with E-state index in [0.717, 1.165) is 24.8 Å². The highest BCUT2D eigenvalue weighted by Crippen LogP contribution is 2.26. The molecule has 17 heavy (non-hydrogen) atoms. The lowest BCUT2D eigenvalue weighted by molar-refractivity contribution is 0.538. The van der Waals surface area contributed by atoms with Crippen LogP contribution >= 0.6 is 0 Å². The summed E-state index contributed by atoms with van der Waals surface area (Å²) in [5, 5.41) is 0. The average molecular weight is 253 g/mol. The molecule has 0 saturated heterocycles. The predicted octanol–water partition coefficient (Wildman–Crippen LogP) is 2.46. The molecule has 94 valence electrons. The van der Waals surface area contributed by atoms with Gasteiger partial charge in [-0.3, -0.25) is 0 Å². The zero-order valence-electron chi connectivity index (χ0n) is 10.3. The second-order valence-electron chi connectivity index (χ2n) is 5.00. The minimum atomic E-state index is -3.35. The van der Waals surface area contributed by atoms with Gasteiger partial charge in [0.2, 0.25) is 10.0 Å². The first-order valence-corrected chi connectivity index (χ1v) is 7.55. The summed E-state index contributed by atoms with van der Waals surface area (Å²) in [6.07, 6.45) is 3.01. The van der Waals surface area contributed by atoms with Gasteiger partial charge in [-0.2, -0.15) is 0 Å². The molecular formula is C13H19NO2S. The summed E-state index contributed by atoms with van der Waals surface area (Å²) in [5.41, 5.74) is 0.797. The monoisotopic (exact) mass is 253 g/mol. The van der Waals surface area contributed by atoms with Crippen molar-refractivity contribution < 1.29 is 8.42 Å². The fourth-order valence-corrected chi connectivity index (χ4v) is 3.98. The fourth-order valence-electron chi connectivity index (χ4n) is 2.45. The molecular weight excluding hydrogens is 234 g/mol. The first-order chi connectivity index (χ1) is 7.99. The topological polar surface area (TPSA) is 46.2 Å². The summed E-state index contributed by atoms with van der Waals surface area (Å²) < 4.78 is 27.2. The number of rotatable bonds is 3. The molecule has 2 atom stereocenters. The van der Waals surface area contributed by atoms with E-state index in [1.165, 1.54) is 0 Å². The van der Waals surface area contributed by atoms with Crippen LogP contribution in [0.25, 0.3) is 0 Å². The van der Waals surface area contributed by atoms with Crippen LogP contribution in [0, 0.1) is 12.8 Å². The molecule has 2 rings (SSSR count). The van der Waals surface area contributed by atoms with Crippen molar-refractivity contribution in [2.75, 3.05) is 0 Å². The molecule has 1 saturated carbocycles. The van der Waals surface area contributed by atoms with Gasteiger partial charge in [0.15, 0.2) is 0 Å². The van der Waals surface area contributed by atoms with Crippen molar-refractivity contribution >= 4 is 10.0 Å². The van der Waals surface area contributed by atoms with Crippen molar-refractivity contribution in [2.24, 2.45) is 5.92 Å². The maximum absolute atomic E-state index is 12.2. The molecule has 0 heterocycles. The summed E-state index contributed by atoms with van der Waals surface area (Å²) in [5.74, 6) is 0.625. The summed E-state index contributed by atoms with van der Waals surface area (Å²) in [6.45, 7) is 3.99. The minimum Gasteiger partial charge on any atom is -0.208 e. The van der Waals surface area contributed by atoms with Crippen molar-refractivity contribution in [1.82, 2.24) is 4.72 Å². The predicted molar refractivity (Wildman–Crippen MR) is 68.3 cm³/mol. The molecule has 4 heteroatoms. The van der Waals surface area contributed by atoms with Crippen LogP contribution in [0.15, 0.2) is 29.2 Å². The molecule has 0 spiro atoms. The van der Waals surface area contributed by atoms with E-state index in [-0.39, 0.29) is 6.04 Å². The van der Waals surface area contributed by atoms with Crippen LogP contribution in [0.5, 0.6) is 0 Å². The second kappa shape index (κ2) is 4.78. The molecule has 0 aromatic heterocycles. The lowest BCUT2D eigenvalue weighted by Gasteiger charge is -2.14. The highest BCUT2D eigenvalue weighted by Gasteiger charge is 2.26. The van der Waals surface area contributed by atoms with E-state index < -0.39 is 10.0 Å². The van der Waals surface area contributed by atoms with Crippen LogP contribution in [-0.4, -0.2) is 14.5 Å². The Morgan fingerprint density at radius 1 is 1.24 bits per heavy atom. The maximum Gasteiger partial charge on any atom is 0.241 e. The maximum atomic E-state index is 12.2. The number of aryl methyl sites for hydroxylation is 1. The Bertz CT molecular complexity index is 496. The molecule has 1 aliphatic carbocycles. The van der Waals surface area contributed by atoms with Gasteiger partial charge in [0.25, 0.3) is 0 Å². The summed E-state index contributed by atoms with van der Waals surface area (Å²) in [6, 6.07) is 7.21. The van der Waals surface area contributed by atoms with Crippen LogP contribution in [0.1, 0.15) is 31.7 Å². The Balaban J connectivity index is 2.17. The molecule has 0 bridgehead atoms. The van der Waals surface area contributed by atoms with Crippen LogP contribution < -0.4 is 4.72 Å². The molecule has 1 N–H and O–H groups in total. The van der Waals surface area contributed by atoms with E-state index in [1.807, 2.05) is 19.1 Å². The van der Waals surface area contributed by atoms with Gasteiger partial charge in [-0.25, -0.2) is 13.1 Å². The SMILES string of the molecule is Cc1ccccc1S(=O)(=O)NC1CCC(C)C1. The first-order valence-electron chi connectivity index (χ1n) is 6.07. The smallest absolute Gasteiger partial charge is 0.208 e. The first kappa shape index (κ1) is 12.6. The Labute approximate surface area is 103 Å². The highest BCUT2D eigenvalue weighted by molar-refractivity contribution is 7.89. The average Bonchev–Trinajstić information content (AvgIpc) is 2.63. The molecule has 0 aliphatic heterocycles. The van der Waals surface area contributed by atoms with E-state index in [2.05, 4.69) is 11.6 Å². The number of sulfonamides is 1. The van der Waals surface area contributed by atoms with Gasteiger partial charge in [-0.15, -0.1) is 0 Å². The molecule has 0 amide bonds. The lowest BCUT2D eigenvalue weighted by atomic mass is 10.1. The van der Waals surface area contributed by atoms with Crippen LogP contribution in [0.3, 0.4) is 0 Å². The van der Waals surface area contributed by atoms with E-state index in [4.69, 9.17) is 0 Å². The fraction of sp³-hybridized carbons (Fsp3) is 0.538. The summed E-state index contributed by atoms with van der Waals surface area (Å²) in [4.78, 5) is 0.402. The van der Waals surface area contributed by atoms with E-state index >= 15 is 0 Å². The normalized spacial score (nSPS) is 25.1. The van der Waals surface area contributed by atoms with Gasteiger partial charge in [-0.1, -0.05) is 25.1 Å². The van der Waals surface area contributed by atoms with Gasteiger partial charge in [0, 0.05) is 6.04 Å². The molecule has 1 aliphatic rings. The number of benzene rings is 1. The van der Waals surface area contributed by atoms with Crippen LogP contribution in [0.4, 0.5) is 0 Å². The molecule has 3 nitrogen and oxygen atoms in total. The zero-order chi connectivity index (χ0) is 12.5. The zero-order valence-corrected chi connectivity index (χ0v) is 11.1. The van der Waals surface area contributed by atoms with E-state index in [0.29, 0.717) is 10.8 Å². The van der Waals surface area contributed by atoms with Crippen molar-refractivity contribution in [2.45, 2.75) is 44.0 Å². The van der Waals surface area contributed by atoms with Crippen LogP contribution in [0.2, 0.25) is 0 Å². The van der Waals surface area contributed by atoms with Crippen LogP contribution in [-0.2, 0) is 10.0 Å². The number of nitrogens with one attached hydrogen (secondary N) is 1. The quantitative estimate of drug-likeness (QED) is 0.899. The summed E-state index contributed by atoms with van der Waals surface area (Å²) >= 11 is 0. The van der Waals surface area contributed by atoms with Gasteiger partial charge < -0.3 is 0 Å². The highest BCUT2D eigenvalue weighted by atomic mass is 32.2. The molecule has 1 aromatic rings. The number of hydrogen-bond donors (Lipinski definition) is 1. The Morgan fingerprint density at radius 3 is 2.53 bits per heavy atom. The van der Waals surface area contributed by atoms with E-state index in [1.54, 1.807) is 12.1 Å². The Kier molecular flexibility index (Phi) is 3.54. The van der Waals surface area contributed by atoms with Gasteiger partial charge >= 0.3 is 0 Å². The van der Waals surface area contributed by atoms with E-state index in [9.17, 15) is 8.42 Å². The van der Waals surface area contributed by atoms with Crippen molar-refractivity contribution in [1.29, 1.82) is 0 Å². The van der Waals surface area contributed by atoms with Gasteiger partial charge in [-0.05, 0) is 43.7 Å². The molecule has 1 aromatic carbocycles. The van der Waals surface area contributed by atoms with Crippen molar-refractivity contribution in [3.05, 3.63) is 29.8 Å². The lowest BCUT2D eigenvalue weighted by Crippen LogP contribution is -2.33.